The van der Waals surface area contributed by atoms with E-state index in [0.29, 0.717) is 23.0 Å². The number of hydrogen-bond donors (Lipinski definition) is 2. The van der Waals surface area contributed by atoms with Gasteiger partial charge in [-0.05, 0) is 24.3 Å². The third-order valence-electron chi connectivity index (χ3n) is 5.22. The molecule has 0 unspecified atom stereocenters. The normalized spacial score (nSPS) is 11.9. The molecule has 12 heteroatoms. The van der Waals surface area contributed by atoms with E-state index in [2.05, 4.69) is 20.8 Å². The van der Waals surface area contributed by atoms with Gasteiger partial charge in [-0.1, -0.05) is 0 Å². The van der Waals surface area contributed by atoms with E-state index in [0.717, 1.165) is 5.56 Å². The van der Waals surface area contributed by atoms with Crippen LogP contribution in [0.15, 0.2) is 53.3 Å². The lowest BCUT2D eigenvalue weighted by molar-refractivity contribution is 0.0942. The van der Waals surface area contributed by atoms with Crippen molar-refractivity contribution in [2.24, 2.45) is 14.1 Å². The van der Waals surface area contributed by atoms with E-state index in [1.54, 1.807) is 55.4 Å². The number of fused-ring (bicyclic) bond motifs is 1. The smallest absolute Gasteiger partial charge is 0.291 e. The Labute approximate surface area is 199 Å². The zero-order valence-corrected chi connectivity index (χ0v) is 19.0. The van der Waals surface area contributed by atoms with Crippen molar-refractivity contribution in [1.29, 1.82) is 0 Å². The van der Waals surface area contributed by atoms with Gasteiger partial charge in [-0.2, -0.15) is 10.2 Å². The molecule has 35 heavy (non-hydrogen) atoms. The van der Waals surface area contributed by atoms with Gasteiger partial charge in [0.25, 0.3) is 11.8 Å². The summed E-state index contributed by atoms with van der Waals surface area (Å²) in [6, 6.07) is 8.42. The summed E-state index contributed by atoms with van der Waals surface area (Å²) in [5, 5.41) is 13.6. The quantitative estimate of drug-likeness (QED) is 0.394. The van der Waals surface area contributed by atoms with Crippen molar-refractivity contribution in [3.63, 3.8) is 0 Å². The predicted octanol–water partition coefficient (Wildman–Crippen LogP) is 2.24. The number of furan rings is 1. The molecule has 0 fully saturated rings. The van der Waals surface area contributed by atoms with Gasteiger partial charge in [0, 0.05) is 38.5 Å². The molecule has 2 N–H and O–H groups in total. The molecule has 0 saturated heterocycles. The van der Waals surface area contributed by atoms with E-state index in [-0.39, 0.29) is 43.0 Å². The van der Waals surface area contributed by atoms with Gasteiger partial charge < -0.3 is 29.3 Å². The SMILES string of the molecule is Cn1cc(CNC(=O)c2c(NC(=O)c3ccc(COc4ccc5c(c4)OCO5)o3)cnn2C)cn1. The van der Waals surface area contributed by atoms with Gasteiger partial charge in [0.05, 0.1) is 18.1 Å². The zero-order chi connectivity index (χ0) is 24.4. The van der Waals surface area contributed by atoms with Gasteiger partial charge in [-0.25, -0.2) is 0 Å². The fourth-order valence-electron chi connectivity index (χ4n) is 3.51. The maximum Gasteiger partial charge on any atom is 0.291 e. The first kappa shape index (κ1) is 22.1. The molecule has 5 rings (SSSR count). The molecule has 4 aromatic rings. The lowest BCUT2D eigenvalue weighted by Gasteiger charge is -2.08. The molecule has 12 nitrogen and oxygen atoms in total. The monoisotopic (exact) mass is 478 g/mol. The number of amides is 2. The molecule has 0 aliphatic carbocycles. The number of rotatable bonds is 8. The van der Waals surface area contributed by atoms with Crippen molar-refractivity contribution in [1.82, 2.24) is 24.9 Å². The molecular formula is C23H22N6O6. The zero-order valence-electron chi connectivity index (χ0n) is 19.0. The highest BCUT2D eigenvalue weighted by molar-refractivity contribution is 6.07. The molecule has 4 heterocycles. The van der Waals surface area contributed by atoms with Crippen molar-refractivity contribution in [2.45, 2.75) is 13.2 Å². The Hall–Kier alpha value is -4.74. The highest BCUT2D eigenvalue weighted by Gasteiger charge is 2.21. The van der Waals surface area contributed by atoms with Gasteiger partial charge in [0.2, 0.25) is 6.79 Å². The number of nitrogens with one attached hydrogen (secondary N) is 2. The van der Waals surface area contributed by atoms with Gasteiger partial charge in [0.15, 0.2) is 17.3 Å². The van der Waals surface area contributed by atoms with Gasteiger partial charge in [-0.15, -0.1) is 0 Å². The van der Waals surface area contributed by atoms with Crippen LogP contribution in [0.2, 0.25) is 0 Å². The molecule has 0 saturated carbocycles. The lowest BCUT2D eigenvalue weighted by Crippen LogP contribution is -2.26. The second kappa shape index (κ2) is 9.25. The fourth-order valence-corrected chi connectivity index (χ4v) is 3.51. The summed E-state index contributed by atoms with van der Waals surface area (Å²) in [4.78, 5) is 25.5. The van der Waals surface area contributed by atoms with Crippen LogP contribution in [0.4, 0.5) is 5.69 Å². The minimum absolute atomic E-state index is 0.0693. The van der Waals surface area contributed by atoms with Gasteiger partial charge in [0.1, 0.15) is 23.8 Å². The number of carbonyl (C=O) groups excluding carboxylic acids is 2. The van der Waals surface area contributed by atoms with E-state index in [1.807, 2.05) is 0 Å². The van der Waals surface area contributed by atoms with E-state index >= 15 is 0 Å². The summed E-state index contributed by atoms with van der Waals surface area (Å²) < 4.78 is 25.0. The summed E-state index contributed by atoms with van der Waals surface area (Å²) in [6.45, 7) is 0.582. The van der Waals surface area contributed by atoms with Crippen LogP contribution in [0.25, 0.3) is 0 Å². The van der Waals surface area contributed by atoms with Crippen molar-refractivity contribution >= 4 is 17.5 Å². The number of carbonyl (C=O) groups is 2. The first-order chi connectivity index (χ1) is 17.0. The number of aryl methyl sites for hydroxylation is 2. The van der Waals surface area contributed by atoms with Crippen LogP contribution in [0.1, 0.15) is 32.4 Å². The van der Waals surface area contributed by atoms with Crippen LogP contribution >= 0.6 is 0 Å². The van der Waals surface area contributed by atoms with Gasteiger partial charge >= 0.3 is 0 Å². The van der Waals surface area contributed by atoms with Crippen LogP contribution in [0, 0.1) is 0 Å². The topological polar surface area (TPSA) is 135 Å². The Morgan fingerprint density at radius 2 is 1.91 bits per heavy atom. The van der Waals surface area contributed by atoms with E-state index in [4.69, 9.17) is 18.6 Å². The van der Waals surface area contributed by atoms with Crippen LogP contribution in [0.5, 0.6) is 17.2 Å². The third-order valence-corrected chi connectivity index (χ3v) is 5.22. The summed E-state index contributed by atoms with van der Waals surface area (Å²) in [7, 11) is 3.41. The molecule has 1 aliphatic heterocycles. The Morgan fingerprint density at radius 3 is 2.74 bits per heavy atom. The van der Waals surface area contributed by atoms with Crippen LogP contribution in [0.3, 0.4) is 0 Å². The van der Waals surface area contributed by atoms with Crippen molar-refractivity contribution in [2.75, 3.05) is 12.1 Å². The molecular weight excluding hydrogens is 456 g/mol. The molecule has 0 radical (unpaired) electrons. The largest absolute Gasteiger partial charge is 0.486 e. The standard InChI is InChI=1S/C23H22N6O6/c1-28-11-14(9-25-28)8-24-23(31)21-17(10-26-29(21)2)27-22(30)19-6-4-16(35-19)12-32-15-3-5-18-20(7-15)34-13-33-18/h3-7,9-11H,8,12-13H2,1-2H3,(H,24,31)(H,27,30). The highest BCUT2D eigenvalue weighted by atomic mass is 16.7. The molecule has 3 aromatic heterocycles. The Balaban J connectivity index is 1.20. The number of aromatic nitrogens is 4. The van der Waals surface area contributed by atoms with Crippen LogP contribution < -0.4 is 24.8 Å². The predicted molar refractivity (Wildman–Crippen MR) is 121 cm³/mol. The number of anilines is 1. The molecule has 1 aromatic carbocycles. The van der Waals surface area contributed by atoms with Crippen LogP contribution in [-0.2, 0) is 27.2 Å². The van der Waals surface area contributed by atoms with Crippen molar-refractivity contribution < 1.29 is 28.2 Å². The maximum atomic E-state index is 12.7. The first-order valence-corrected chi connectivity index (χ1v) is 10.7. The number of benzene rings is 1. The summed E-state index contributed by atoms with van der Waals surface area (Å²) in [5.74, 6) is 1.46. The second-order valence-electron chi connectivity index (χ2n) is 7.76. The first-order valence-electron chi connectivity index (χ1n) is 10.7. The van der Waals surface area contributed by atoms with E-state index < -0.39 is 5.91 Å². The minimum atomic E-state index is -0.520. The highest BCUT2D eigenvalue weighted by Crippen LogP contribution is 2.35. The van der Waals surface area contributed by atoms with Crippen molar-refractivity contribution in [3.8, 4) is 17.2 Å². The Bertz CT molecular complexity index is 1390. The molecule has 0 atom stereocenters. The molecule has 1 aliphatic rings. The van der Waals surface area contributed by atoms with Crippen LogP contribution in [-0.4, -0.2) is 38.2 Å². The van der Waals surface area contributed by atoms with E-state index in [1.165, 1.54) is 16.9 Å². The van der Waals surface area contributed by atoms with Crippen molar-refractivity contribution in [3.05, 3.63) is 71.7 Å². The molecule has 0 bridgehead atoms. The number of nitrogens with zero attached hydrogens (tertiary/aromatic N) is 4. The second-order valence-corrected chi connectivity index (χ2v) is 7.76. The maximum absolute atomic E-state index is 12.7. The summed E-state index contributed by atoms with van der Waals surface area (Å²) >= 11 is 0. The minimum Gasteiger partial charge on any atom is -0.486 e. The van der Waals surface area contributed by atoms with E-state index in [9.17, 15) is 9.59 Å². The van der Waals surface area contributed by atoms with Gasteiger partial charge in [-0.3, -0.25) is 19.0 Å². The Kier molecular flexibility index (Phi) is 5.83. The lowest BCUT2D eigenvalue weighted by atomic mass is 10.3. The molecule has 2 amide bonds. The fraction of sp³-hybridized carbons (Fsp3) is 0.217. The number of ether oxygens (including phenoxy) is 3. The average Bonchev–Trinajstić information content (AvgIpc) is 3.64. The summed E-state index contributed by atoms with van der Waals surface area (Å²) in [5.41, 5.74) is 1.32. The summed E-state index contributed by atoms with van der Waals surface area (Å²) in [6.07, 6.45) is 4.87. The number of hydrogen-bond acceptors (Lipinski definition) is 8. The average molecular weight is 478 g/mol. The molecule has 180 valence electrons. The Morgan fingerprint density at radius 1 is 1.06 bits per heavy atom. The third kappa shape index (κ3) is 4.81. The molecule has 0 spiro atoms.